The highest BCUT2D eigenvalue weighted by molar-refractivity contribution is 7.99. The first-order valence-corrected chi connectivity index (χ1v) is 11.7. The van der Waals surface area contributed by atoms with E-state index in [4.69, 9.17) is 9.72 Å². The molecule has 0 amide bonds. The number of thioether (sulfide) groups is 1. The van der Waals surface area contributed by atoms with E-state index in [1.807, 2.05) is 32.2 Å². The van der Waals surface area contributed by atoms with Gasteiger partial charge in [-0.15, -0.1) is 5.10 Å². The summed E-state index contributed by atoms with van der Waals surface area (Å²) in [7, 11) is 3.63. The van der Waals surface area contributed by atoms with E-state index in [-0.39, 0.29) is 22.4 Å². The van der Waals surface area contributed by atoms with Gasteiger partial charge in [-0.3, -0.25) is 4.79 Å². The van der Waals surface area contributed by atoms with Crippen molar-refractivity contribution in [3.05, 3.63) is 40.8 Å². The molecule has 2 aliphatic carbocycles. The lowest BCUT2D eigenvalue weighted by Gasteiger charge is -2.33. The van der Waals surface area contributed by atoms with Crippen LogP contribution in [0, 0.1) is 12.3 Å². The molecule has 0 unspecified atom stereocenters. The van der Waals surface area contributed by atoms with E-state index in [1.165, 1.54) is 11.8 Å². The van der Waals surface area contributed by atoms with E-state index in [0.29, 0.717) is 11.1 Å². The maximum absolute atomic E-state index is 13.2. The number of carbonyl (C=O) groups excluding carboxylic acids is 1. The topological polar surface area (TPSA) is 69.9 Å². The lowest BCUT2D eigenvalue weighted by Crippen LogP contribution is -2.32. The molecule has 1 aromatic carbocycles. The quantitative estimate of drug-likeness (QED) is 0.421. The zero-order chi connectivity index (χ0) is 22.1. The van der Waals surface area contributed by atoms with Gasteiger partial charge < -0.3 is 9.30 Å². The van der Waals surface area contributed by atoms with Crippen LogP contribution in [-0.2, 0) is 12.5 Å². The molecule has 0 saturated heterocycles. The molecular formula is C24H28N4O2S. The molecule has 0 N–H and O–H groups in total. The predicted octanol–water partition coefficient (Wildman–Crippen LogP) is 4.83. The molecule has 2 bridgehead atoms. The van der Waals surface area contributed by atoms with E-state index >= 15 is 0 Å². The van der Waals surface area contributed by atoms with Crippen molar-refractivity contribution in [1.82, 2.24) is 19.7 Å². The molecule has 3 aromatic rings. The van der Waals surface area contributed by atoms with Crippen LogP contribution in [0.5, 0.6) is 5.75 Å². The molecule has 2 heterocycles. The van der Waals surface area contributed by atoms with Crippen molar-refractivity contribution in [3.8, 4) is 5.75 Å². The first kappa shape index (κ1) is 20.5. The average molecular weight is 437 g/mol. The molecule has 5 rings (SSSR count). The van der Waals surface area contributed by atoms with Gasteiger partial charge in [0.25, 0.3) is 0 Å². The van der Waals surface area contributed by atoms with E-state index in [2.05, 4.69) is 35.5 Å². The van der Waals surface area contributed by atoms with Crippen molar-refractivity contribution in [2.45, 2.75) is 57.0 Å². The zero-order valence-corrected chi connectivity index (χ0v) is 19.8. The summed E-state index contributed by atoms with van der Waals surface area (Å²) in [6, 6.07) is 5.86. The van der Waals surface area contributed by atoms with Crippen LogP contribution in [0.3, 0.4) is 0 Å². The molecule has 31 heavy (non-hydrogen) atoms. The Morgan fingerprint density at radius 1 is 1.29 bits per heavy atom. The highest BCUT2D eigenvalue weighted by Gasteiger charge is 2.61. The summed E-state index contributed by atoms with van der Waals surface area (Å²) >= 11 is 1.38. The summed E-state index contributed by atoms with van der Waals surface area (Å²) in [6.07, 6.45) is 2.29. The summed E-state index contributed by atoms with van der Waals surface area (Å²) in [5, 5.41) is 10.4. The van der Waals surface area contributed by atoms with E-state index in [9.17, 15) is 4.79 Å². The Morgan fingerprint density at radius 2 is 2.06 bits per heavy atom. The van der Waals surface area contributed by atoms with Gasteiger partial charge in [-0.1, -0.05) is 32.5 Å². The third kappa shape index (κ3) is 2.71. The molecule has 0 radical (unpaired) electrons. The fraction of sp³-hybridized carbons (Fsp3) is 0.500. The number of benzene rings is 1. The Balaban J connectivity index is 1.43. The smallest absolute Gasteiger partial charge is 0.209 e. The molecule has 2 aromatic heterocycles. The predicted molar refractivity (Wildman–Crippen MR) is 122 cm³/mol. The van der Waals surface area contributed by atoms with Crippen LogP contribution in [0.25, 0.3) is 10.9 Å². The molecule has 7 heteroatoms. The van der Waals surface area contributed by atoms with E-state index in [1.54, 1.807) is 7.11 Å². The van der Waals surface area contributed by atoms with E-state index < -0.39 is 0 Å². The van der Waals surface area contributed by atoms with Crippen molar-refractivity contribution in [2.24, 2.45) is 12.5 Å². The molecule has 2 atom stereocenters. The molecule has 0 aliphatic heterocycles. The first-order chi connectivity index (χ1) is 14.7. The molecule has 162 valence electrons. The Labute approximate surface area is 186 Å². The van der Waals surface area contributed by atoms with Gasteiger partial charge in [0.15, 0.2) is 5.78 Å². The third-order valence-corrected chi connectivity index (χ3v) is 8.92. The summed E-state index contributed by atoms with van der Waals surface area (Å²) in [6.45, 7) is 8.93. The van der Waals surface area contributed by atoms with Crippen LogP contribution in [0.1, 0.15) is 67.0 Å². The highest BCUT2D eigenvalue weighted by atomic mass is 32.2. The number of Topliss-reactive ketones (excluding diaryl/α,β-unsaturated/α-hetero) is 1. The first-order valence-electron chi connectivity index (χ1n) is 10.7. The van der Waals surface area contributed by atoms with Crippen LogP contribution in [0.4, 0.5) is 0 Å². The third-order valence-electron chi connectivity index (χ3n) is 8.08. The van der Waals surface area contributed by atoms with Gasteiger partial charge in [0.05, 0.1) is 24.3 Å². The number of methoxy groups -OCH3 is 1. The van der Waals surface area contributed by atoms with Gasteiger partial charge in [-0.05, 0) is 43.4 Å². The largest absolute Gasteiger partial charge is 0.497 e. The number of nitrogens with zero attached hydrogens (tertiary/aromatic N) is 4. The summed E-state index contributed by atoms with van der Waals surface area (Å²) in [5.74, 6) is 1.53. The van der Waals surface area contributed by atoms with Gasteiger partial charge in [-0.25, -0.2) is 4.98 Å². The van der Waals surface area contributed by atoms with Gasteiger partial charge in [-0.2, -0.15) is 5.10 Å². The standard InChI is InChI=1S/C24H28N4O2S/c1-13-19(15-11-14(30-6)7-8-17(15)28(13)5)18(29)12-31-22-25-21-20(26-27-22)16-9-10-24(21,4)23(16,2)3/h7-8,11,16H,9-10,12H2,1-6H3/t16-,24-/m0/s1. The fourth-order valence-electron chi connectivity index (χ4n) is 5.66. The minimum absolute atomic E-state index is 0.0328. The number of rotatable bonds is 5. The lowest BCUT2D eigenvalue weighted by atomic mass is 9.70. The monoisotopic (exact) mass is 436 g/mol. The van der Waals surface area contributed by atoms with Crippen molar-refractivity contribution in [3.63, 3.8) is 0 Å². The zero-order valence-electron chi connectivity index (χ0n) is 18.9. The number of hydrogen-bond acceptors (Lipinski definition) is 6. The summed E-state index contributed by atoms with van der Waals surface area (Å²) < 4.78 is 7.43. The number of ether oxygens (including phenoxy) is 1. The second-order valence-corrected chi connectivity index (χ2v) is 10.5. The number of aryl methyl sites for hydroxylation is 1. The molecule has 0 spiro atoms. The maximum Gasteiger partial charge on any atom is 0.209 e. The van der Waals surface area contributed by atoms with Crippen molar-refractivity contribution in [1.29, 1.82) is 0 Å². The summed E-state index contributed by atoms with van der Waals surface area (Å²) in [4.78, 5) is 18.1. The Kier molecular flexibility index (Phi) is 4.49. The molecule has 1 fully saturated rings. The SMILES string of the molecule is COc1ccc2c(c1)c(C(=O)CSc1nnc3c(n1)[C@]1(C)CC[C@@H]3C1(C)C)c(C)n2C. The van der Waals surface area contributed by atoms with Gasteiger partial charge >= 0.3 is 0 Å². The Hall–Kier alpha value is -2.41. The van der Waals surface area contributed by atoms with Crippen LogP contribution in [-0.4, -0.2) is 38.4 Å². The molecule has 6 nitrogen and oxygen atoms in total. The number of fused-ring (bicyclic) bond motifs is 6. The fourth-order valence-corrected chi connectivity index (χ4v) is 6.32. The second-order valence-electron chi connectivity index (χ2n) is 9.59. The minimum Gasteiger partial charge on any atom is -0.497 e. The van der Waals surface area contributed by atoms with Crippen molar-refractivity contribution < 1.29 is 9.53 Å². The van der Waals surface area contributed by atoms with Gasteiger partial charge in [0.2, 0.25) is 5.16 Å². The lowest BCUT2D eigenvalue weighted by molar-refractivity contribution is 0.102. The number of aromatic nitrogens is 4. The molecular weight excluding hydrogens is 408 g/mol. The molecule has 2 aliphatic rings. The van der Waals surface area contributed by atoms with Gasteiger partial charge in [0.1, 0.15) is 5.75 Å². The Bertz CT molecular complexity index is 1230. The van der Waals surface area contributed by atoms with Crippen LogP contribution in [0.15, 0.2) is 23.4 Å². The normalized spacial score (nSPS) is 23.4. The van der Waals surface area contributed by atoms with E-state index in [0.717, 1.165) is 52.1 Å². The Morgan fingerprint density at radius 3 is 2.81 bits per heavy atom. The van der Waals surface area contributed by atoms with Crippen molar-refractivity contribution in [2.75, 3.05) is 12.9 Å². The minimum atomic E-state index is 0.0328. The van der Waals surface area contributed by atoms with Crippen LogP contribution >= 0.6 is 11.8 Å². The number of ketones is 1. The summed E-state index contributed by atoms with van der Waals surface area (Å²) in [5.41, 5.74) is 5.04. The van der Waals surface area contributed by atoms with Crippen molar-refractivity contribution >= 4 is 28.4 Å². The average Bonchev–Trinajstić information content (AvgIpc) is 3.22. The number of hydrogen-bond donors (Lipinski definition) is 0. The van der Waals surface area contributed by atoms with Gasteiger partial charge in [0, 0.05) is 40.5 Å². The molecule has 1 saturated carbocycles. The highest BCUT2D eigenvalue weighted by Crippen LogP contribution is 2.66. The van der Waals surface area contributed by atoms with Crippen LogP contribution < -0.4 is 4.74 Å². The second kappa shape index (κ2) is 6.79. The van der Waals surface area contributed by atoms with Crippen LogP contribution in [0.2, 0.25) is 0 Å². The number of carbonyl (C=O) groups is 1. The maximum atomic E-state index is 13.2.